The van der Waals surface area contributed by atoms with E-state index in [0.717, 1.165) is 12.0 Å². The number of anilines is 1. The number of carbonyl (C=O) groups excluding carboxylic acids is 1. The van der Waals surface area contributed by atoms with Crippen LogP contribution in [0.5, 0.6) is 5.75 Å². The number of hydrogen-bond donors (Lipinski definition) is 3. The number of phenols is 1. The number of carbonyl (C=O) groups is 1. The van der Waals surface area contributed by atoms with E-state index >= 15 is 0 Å². The summed E-state index contributed by atoms with van der Waals surface area (Å²) in [4.78, 5) is 16.1. The molecule has 2 aromatic rings. The summed E-state index contributed by atoms with van der Waals surface area (Å²) in [7, 11) is 0. The Morgan fingerprint density at radius 2 is 2.30 bits per heavy atom. The maximum atomic E-state index is 12.1. The first-order valence-corrected chi connectivity index (χ1v) is 6.49. The van der Waals surface area contributed by atoms with Gasteiger partial charge in [-0.25, -0.2) is 4.98 Å². The second-order valence-electron chi connectivity index (χ2n) is 4.44. The van der Waals surface area contributed by atoms with Gasteiger partial charge in [0.1, 0.15) is 11.4 Å². The second kappa shape index (κ2) is 6.21. The molecule has 0 saturated heterocycles. The normalized spacial score (nSPS) is 10.5. The van der Waals surface area contributed by atoms with Gasteiger partial charge >= 0.3 is 0 Å². The van der Waals surface area contributed by atoms with Crippen LogP contribution in [0, 0.1) is 0 Å². The molecule has 6 nitrogen and oxygen atoms in total. The Bertz CT molecular complexity index is 607. The first kappa shape index (κ1) is 14.1. The molecule has 1 aromatic heterocycles. The first-order chi connectivity index (χ1) is 9.63. The van der Waals surface area contributed by atoms with Crippen LogP contribution in [0.15, 0.2) is 30.7 Å². The van der Waals surface area contributed by atoms with Crippen molar-refractivity contribution in [2.45, 2.75) is 19.9 Å². The maximum absolute atomic E-state index is 12.1. The van der Waals surface area contributed by atoms with Crippen LogP contribution in [-0.4, -0.2) is 27.1 Å². The third-order valence-electron chi connectivity index (χ3n) is 2.97. The zero-order valence-electron chi connectivity index (χ0n) is 11.3. The summed E-state index contributed by atoms with van der Waals surface area (Å²) in [6.45, 7) is 3.10. The topological polar surface area (TPSA) is 93.2 Å². The summed E-state index contributed by atoms with van der Waals surface area (Å²) in [6.07, 6.45) is 4.02. The van der Waals surface area contributed by atoms with Crippen LogP contribution >= 0.6 is 0 Å². The fraction of sp³-hybridized carbons (Fsp3) is 0.286. The van der Waals surface area contributed by atoms with Gasteiger partial charge < -0.3 is 20.7 Å². The molecule has 1 amide bonds. The van der Waals surface area contributed by atoms with Crippen LogP contribution in [0.4, 0.5) is 5.69 Å². The number of aryl methyl sites for hydroxylation is 1. The van der Waals surface area contributed by atoms with Gasteiger partial charge in [0.2, 0.25) is 0 Å². The molecule has 0 atom stereocenters. The summed E-state index contributed by atoms with van der Waals surface area (Å²) < 4.78 is 1.75. The lowest BCUT2D eigenvalue weighted by molar-refractivity contribution is 0.102. The SMILES string of the molecule is CCc1ccc(O)c(NC(=O)c2cn(CCN)cn2)c1. The first-order valence-electron chi connectivity index (χ1n) is 6.49. The fourth-order valence-electron chi connectivity index (χ4n) is 1.84. The number of nitrogens with one attached hydrogen (secondary N) is 1. The Kier molecular flexibility index (Phi) is 4.37. The van der Waals surface area contributed by atoms with Crippen molar-refractivity contribution in [3.63, 3.8) is 0 Å². The van der Waals surface area contributed by atoms with Crippen molar-refractivity contribution in [3.8, 4) is 5.75 Å². The van der Waals surface area contributed by atoms with Crippen molar-refractivity contribution in [2.75, 3.05) is 11.9 Å². The molecule has 1 aromatic carbocycles. The molecule has 106 valence electrons. The lowest BCUT2D eigenvalue weighted by Gasteiger charge is -2.07. The van der Waals surface area contributed by atoms with E-state index in [0.29, 0.717) is 24.5 Å². The van der Waals surface area contributed by atoms with E-state index in [4.69, 9.17) is 5.73 Å². The molecular formula is C14H18N4O2. The monoisotopic (exact) mass is 274 g/mol. The Morgan fingerprint density at radius 1 is 1.50 bits per heavy atom. The van der Waals surface area contributed by atoms with Crippen LogP contribution in [0.25, 0.3) is 0 Å². The van der Waals surface area contributed by atoms with E-state index in [2.05, 4.69) is 10.3 Å². The van der Waals surface area contributed by atoms with Crippen molar-refractivity contribution in [3.05, 3.63) is 42.0 Å². The standard InChI is InChI=1S/C14H18N4O2/c1-2-10-3-4-13(19)11(7-10)17-14(20)12-8-18(6-5-15)9-16-12/h3-4,7-9,19H,2,5-6,15H2,1H3,(H,17,20). The number of aromatic hydroxyl groups is 1. The number of aromatic nitrogens is 2. The van der Waals surface area contributed by atoms with Crippen LogP contribution in [-0.2, 0) is 13.0 Å². The zero-order valence-corrected chi connectivity index (χ0v) is 11.3. The molecule has 0 saturated carbocycles. The maximum Gasteiger partial charge on any atom is 0.275 e. The van der Waals surface area contributed by atoms with Gasteiger partial charge in [-0.1, -0.05) is 13.0 Å². The van der Waals surface area contributed by atoms with Gasteiger partial charge in [0.25, 0.3) is 5.91 Å². The molecule has 0 aliphatic carbocycles. The summed E-state index contributed by atoms with van der Waals surface area (Å²) in [5.74, 6) is -0.318. The lowest BCUT2D eigenvalue weighted by Crippen LogP contribution is -2.13. The quantitative estimate of drug-likeness (QED) is 0.718. The average Bonchev–Trinajstić information content (AvgIpc) is 2.90. The molecule has 1 heterocycles. The molecule has 0 fully saturated rings. The van der Waals surface area contributed by atoms with Crippen molar-refractivity contribution in [2.24, 2.45) is 5.73 Å². The van der Waals surface area contributed by atoms with E-state index in [1.807, 2.05) is 13.0 Å². The molecular weight excluding hydrogens is 256 g/mol. The van der Waals surface area contributed by atoms with Gasteiger partial charge in [0.15, 0.2) is 0 Å². The average molecular weight is 274 g/mol. The van der Waals surface area contributed by atoms with Gasteiger partial charge in [0, 0.05) is 19.3 Å². The number of amides is 1. The highest BCUT2D eigenvalue weighted by Crippen LogP contribution is 2.24. The minimum atomic E-state index is -0.357. The van der Waals surface area contributed by atoms with Crippen LogP contribution in [0.3, 0.4) is 0 Å². The Labute approximate surface area is 117 Å². The predicted molar refractivity (Wildman–Crippen MR) is 76.7 cm³/mol. The number of phenolic OH excluding ortho intramolecular Hbond substituents is 1. The summed E-state index contributed by atoms with van der Waals surface area (Å²) in [5, 5.41) is 12.4. The summed E-state index contributed by atoms with van der Waals surface area (Å²) in [5.41, 5.74) is 7.16. The van der Waals surface area contributed by atoms with E-state index in [-0.39, 0.29) is 11.7 Å². The minimum Gasteiger partial charge on any atom is -0.506 e. The third kappa shape index (κ3) is 3.16. The van der Waals surface area contributed by atoms with Gasteiger partial charge in [0.05, 0.1) is 12.0 Å². The molecule has 6 heteroatoms. The fourth-order valence-corrected chi connectivity index (χ4v) is 1.84. The molecule has 0 spiro atoms. The molecule has 0 unspecified atom stereocenters. The van der Waals surface area contributed by atoms with Crippen molar-refractivity contribution in [1.82, 2.24) is 9.55 Å². The highest BCUT2D eigenvalue weighted by atomic mass is 16.3. The number of hydrogen-bond acceptors (Lipinski definition) is 4. The molecule has 4 N–H and O–H groups in total. The van der Waals surface area contributed by atoms with Gasteiger partial charge in [-0.2, -0.15) is 0 Å². The van der Waals surface area contributed by atoms with E-state index < -0.39 is 0 Å². The Balaban J connectivity index is 2.14. The van der Waals surface area contributed by atoms with E-state index in [1.165, 1.54) is 0 Å². The molecule has 0 aliphatic rings. The molecule has 0 aliphatic heterocycles. The summed E-state index contributed by atoms with van der Waals surface area (Å²) >= 11 is 0. The third-order valence-corrected chi connectivity index (χ3v) is 2.97. The number of nitrogens with two attached hydrogens (primary N) is 1. The van der Waals surface area contributed by atoms with Crippen LogP contribution in [0.2, 0.25) is 0 Å². The smallest absolute Gasteiger partial charge is 0.275 e. The van der Waals surface area contributed by atoms with Crippen molar-refractivity contribution >= 4 is 11.6 Å². The molecule has 0 radical (unpaired) electrons. The molecule has 20 heavy (non-hydrogen) atoms. The van der Waals surface area contributed by atoms with Gasteiger partial charge in [-0.15, -0.1) is 0 Å². The molecule has 2 rings (SSSR count). The minimum absolute atomic E-state index is 0.0388. The highest BCUT2D eigenvalue weighted by Gasteiger charge is 2.12. The van der Waals surface area contributed by atoms with Crippen LogP contribution in [0.1, 0.15) is 23.0 Å². The van der Waals surface area contributed by atoms with Crippen LogP contribution < -0.4 is 11.1 Å². The zero-order chi connectivity index (χ0) is 14.5. The highest BCUT2D eigenvalue weighted by molar-refractivity contribution is 6.03. The van der Waals surface area contributed by atoms with Crippen molar-refractivity contribution < 1.29 is 9.90 Å². The predicted octanol–water partition coefficient (Wildman–Crippen LogP) is 1.36. The Hall–Kier alpha value is -2.34. The number of rotatable bonds is 5. The second-order valence-corrected chi connectivity index (χ2v) is 4.44. The Morgan fingerprint density at radius 3 is 3.00 bits per heavy atom. The van der Waals surface area contributed by atoms with Crippen molar-refractivity contribution in [1.29, 1.82) is 0 Å². The number of nitrogens with zero attached hydrogens (tertiary/aromatic N) is 2. The van der Waals surface area contributed by atoms with E-state index in [1.54, 1.807) is 29.2 Å². The summed E-state index contributed by atoms with van der Waals surface area (Å²) in [6, 6.07) is 5.15. The number of imidazole rings is 1. The number of benzene rings is 1. The molecule has 0 bridgehead atoms. The van der Waals surface area contributed by atoms with Gasteiger partial charge in [-0.05, 0) is 24.1 Å². The van der Waals surface area contributed by atoms with Gasteiger partial charge in [-0.3, -0.25) is 4.79 Å². The van der Waals surface area contributed by atoms with E-state index in [9.17, 15) is 9.90 Å². The largest absolute Gasteiger partial charge is 0.506 e. The lowest BCUT2D eigenvalue weighted by atomic mass is 10.1.